The van der Waals surface area contributed by atoms with Crippen LogP contribution >= 0.6 is 0 Å². The molecule has 0 saturated heterocycles. The summed E-state index contributed by atoms with van der Waals surface area (Å²) in [5.74, 6) is 0.567. The monoisotopic (exact) mass is 248 g/mol. The second kappa shape index (κ2) is 5.42. The maximum atomic E-state index is 11.3. The van der Waals surface area contributed by atoms with E-state index in [4.69, 9.17) is 4.74 Å². The molecule has 1 aliphatic rings. The molecule has 18 heavy (non-hydrogen) atoms. The molecule has 1 aliphatic carbocycles. The van der Waals surface area contributed by atoms with E-state index in [1.54, 1.807) is 0 Å². The van der Waals surface area contributed by atoms with Gasteiger partial charge >= 0.3 is 5.97 Å². The molecule has 1 unspecified atom stereocenters. The molecule has 0 bridgehead atoms. The molecule has 0 spiro atoms. The Morgan fingerprint density at radius 3 is 2.39 bits per heavy atom. The van der Waals surface area contributed by atoms with Gasteiger partial charge in [-0.2, -0.15) is 0 Å². The lowest BCUT2D eigenvalue weighted by Crippen LogP contribution is -2.13. The highest BCUT2D eigenvalue weighted by Gasteiger charge is 2.37. The average Bonchev–Trinajstić information content (AvgIpc) is 3.12. The van der Waals surface area contributed by atoms with Crippen molar-refractivity contribution in [1.82, 2.24) is 0 Å². The molecule has 1 aromatic carbocycles. The highest BCUT2D eigenvalue weighted by Crippen LogP contribution is 2.42. The maximum Gasteiger partial charge on any atom is 0.311 e. The van der Waals surface area contributed by atoms with E-state index in [0.29, 0.717) is 18.4 Å². The van der Waals surface area contributed by atoms with E-state index < -0.39 is 5.97 Å². The number of benzene rings is 1. The van der Waals surface area contributed by atoms with Gasteiger partial charge in [0.2, 0.25) is 0 Å². The van der Waals surface area contributed by atoms with Gasteiger partial charge in [0.25, 0.3) is 0 Å². The standard InChI is InChI=1S/C15H20O3/c1-10(2)9-18-13-7-5-12(6-8-13)14(15(16)17)11-3-4-11/h5-8,10-11,14H,3-4,9H2,1-2H3,(H,16,17). The molecule has 0 aromatic heterocycles. The first kappa shape index (κ1) is 12.9. The summed E-state index contributed by atoms with van der Waals surface area (Å²) in [4.78, 5) is 11.3. The lowest BCUT2D eigenvalue weighted by atomic mass is 9.94. The fraction of sp³-hybridized carbons (Fsp3) is 0.533. The lowest BCUT2D eigenvalue weighted by Gasteiger charge is -2.13. The fourth-order valence-corrected chi connectivity index (χ4v) is 2.08. The largest absolute Gasteiger partial charge is 0.493 e. The third-order valence-electron chi connectivity index (χ3n) is 3.18. The fourth-order valence-electron chi connectivity index (χ4n) is 2.08. The molecule has 0 aliphatic heterocycles. The Labute approximate surface area is 108 Å². The minimum Gasteiger partial charge on any atom is -0.493 e. The van der Waals surface area contributed by atoms with Crippen LogP contribution in [-0.4, -0.2) is 17.7 Å². The quantitative estimate of drug-likeness (QED) is 0.840. The van der Waals surface area contributed by atoms with E-state index in [9.17, 15) is 9.90 Å². The van der Waals surface area contributed by atoms with Crippen molar-refractivity contribution in [1.29, 1.82) is 0 Å². The molecular weight excluding hydrogens is 228 g/mol. The molecule has 2 rings (SSSR count). The third kappa shape index (κ3) is 3.25. The second-order valence-corrected chi connectivity index (χ2v) is 5.43. The number of hydrogen-bond acceptors (Lipinski definition) is 2. The first-order valence-electron chi connectivity index (χ1n) is 6.53. The molecule has 0 amide bonds. The number of aliphatic carboxylic acids is 1. The zero-order chi connectivity index (χ0) is 13.1. The van der Waals surface area contributed by atoms with Gasteiger partial charge in [0.15, 0.2) is 0 Å². The van der Waals surface area contributed by atoms with Crippen LogP contribution < -0.4 is 4.74 Å². The van der Waals surface area contributed by atoms with Crippen LogP contribution in [0.4, 0.5) is 0 Å². The van der Waals surface area contributed by atoms with Crippen molar-refractivity contribution in [3.63, 3.8) is 0 Å². The number of rotatable bonds is 6. The van der Waals surface area contributed by atoms with Crippen molar-refractivity contribution in [3.8, 4) is 5.75 Å². The molecule has 1 aromatic rings. The van der Waals surface area contributed by atoms with Gasteiger partial charge in [0, 0.05) is 0 Å². The predicted molar refractivity (Wildman–Crippen MR) is 69.9 cm³/mol. The van der Waals surface area contributed by atoms with Crippen molar-refractivity contribution in [2.45, 2.75) is 32.6 Å². The zero-order valence-electron chi connectivity index (χ0n) is 10.9. The highest BCUT2D eigenvalue weighted by atomic mass is 16.5. The first-order chi connectivity index (χ1) is 8.58. The smallest absolute Gasteiger partial charge is 0.311 e. The summed E-state index contributed by atoms with van der Waals surface area (Å²) < 4.78 is 5.59. The molecule has 3 heteroatoms. The molecule has 1 N–H and O–H groups in total. The van der Waals surface area contributed by atoms with Gasteiger partial charge in [-0.15, -0.1) is 0 Å². The molecule has 98 valence electrons. The number of hydrogen-bond donors (Lipinski definition) is 1. The Morgan fingerprint density at radius 1 is 1.33 bits per heavy atom. The summed E-state index contributed by atoms with van der Waals surface area (Å²) >= 11 is 0. The molecule has 3 nitrogen and oxygen atoms in total. The van der Waals surface area contributed by atoms with Gasteiger partial charge in [-0.3, -0.25) is 4.79 Å². The molecular formula is C15H20O3. The SMILES string of the molecule is CC(C)COc1ccc(C(C(=O)O)C2CC2)cc1. The van der Waals surface area contributed by atoms with Crippen LogP contribution in [0.25, 0.3) is 0 Å². The van der Waals surface area contributed by atoms with Gasteiger partial charge in [-0.1, -0.05) is 26.0 Å². The summed E-state index contributed by atoms with van der Waals surface area (Å²) in [5.41, 5.74) is 0.891. The van der Waals surface area contributed by atoms with Crippen molar-refractivity contribution < 1.29 is 14.6 Å². The van der Waals surface area contributed by atoms with Crippen molar-refractivity contribution >= 4 is 5.97 Å². The average molecular weight is 248 g/mol. The zero-order valence-corrected chi connectivity index (χ0v) is 10.9. The predicted octanol–water partition coefficient (Wildman–Crippen LogP) is 3.30. The van der Waals surface area contributed by atoms with E-state index in [0.717, 1.165) is 24.2 Å². The minimum atomic E-state index is -0.714. The maximum absolute atomic E-state index is 11.3. The molecule has 0 radical (unpaired) electrons. The van der Waals surface area contributed by atoms with Crippen molar-refractivity contribution in [2.24, 2.45) is 11.8 Å². The van der Waals surface area contributed by atoms with E-state index in [-0.39, 0.29) is 5.92 Å². The van der Waals surface area contributed by atoms with Gasteiger partial charge in [0.1, 0.15) is 5.75 Å². The van der Waals surface area contributed by atoms with Crippen LogP contribution in [0.15, 0.2) is 24.3 Å². The number of carboxylic acid groups (broad SMARTS) is 1. The van der Waals surface area contributed by atoms with Crippen LogP contribution in [0, 0.1) is 11.8 Å². The van der Waals surface area contributed by atoms with E-state index in [1.807, 2.05) is 24.3 Å². The molecule has 1 saturated carbocycles. The number of carboxylic acids is 1. The summed E-state index contributed by atoms with van der Waals surface area (Å²) in [7, 11) is 0. The Balaban J connectivity index is 2.04. The molecule has 1 fully saturated rings. The van der Waals surface area contributed by atoms with E-state index in [1.165, 1.54) is 0 Å². The van der Waals surface area contributed by atoms with Gasteiger partial charge in [-0.05, 0) is 42.4 Å². The van der Waals surface area contributed by atoms with Crippen molar-refractivity contribution in [2.75, 3.05) is 6.61 Å². The Kier molecular flexibility index (Phi) is 3.90. The molecule has 1 atom stereocenters. The number of ether oxygens (including phenoxy) is 1. The highest BCUT2D eigenvalue weighted by molar-refractivity contribution is 5.77. The first-order valence-corrected chi connectivity index (χ1v) is 6.53. The third-order valence-corrected chi connectivity index (χ3v) is 3.18. The minimum absolute atomic E-state index is 0.324. The van der Waals surface area contributed by atoms with E-state index in [2.05, 4.69) is 13.8 Å². The van der Waals surface area contributed by atoms with Crippen LogP contribution in [0.3, 0.4) is 0 Å². The summed E-state index contributed by atoms with van der Waals surface area (Å²) in [6, 6.07) is 7.51. The summed E-state index contributed by atoms with van der Waals surface area (Å²) in [5, 5.41) is 9.25. The number of carbonyl (C=O) groups is 1. The van der Waals surface area contributed by atoms with Crippen LogP contribution in [-0.2, 0) is 4.79 Å². The van der Waals surface area contributed by atoms with Crippen LogP contribution in [0.2, 0.25) is 0 Å². The Bertz CT molecular complexity index is 404. The lowest BCUT2D eigenvalue weighted by molar-refractivity contribution is -0.139. The Hall–Kier alpha value is -1.51. The van der Waals surface area contributed by atoms with Gasteiger partial charge in [0.05, 0.1) is 12.5 Å². The van der Waals surface area contributed by atoms with Crippen LogP contribution in [0.5, 0.6) is 5.75 Å². The van der Waals surface area contributed by atoms with Gasteiger partial charge in [-0.25, -0.2) is 0 Å². The van der Waals surface area contributed by atoms with E-state index >= 15 is 0 Å². The second-order valence-electron chi connectivity index (χ2n) is 5.43. The van der Waals surface area contributed by atoms with Crippen molar-refractivity contribution in [3.05, 3.63) is 29.8 Å². The summed E-state index contributed by atoms with van der Waals surface area (Å²) in [6.07, 6.45) is 2.06. The molecule has 0 heterocycles. The summed E-state index contributed by atoms with van der Waals surface area (Å²) in [6.45, 7) is 4.88. The topological polar surface area (TPSA) is 46.5 Å². The van der Waals surface area contributed by atoms with Crippen LogP contribution in [0.1, 0.15) is 38.2 Å². The van der Waals surface area contributed by atoms with Gasteiger partial charge < -0.3 is 9.84 Å². The normalized spacial score (nSPS) is 16.6. The Morgan fingerprint density at radius 2 is 1.94 bits per heavy atom.